The van der Waals surface area contributed by atoms with Crippen molar-refractivity contribution < 1.29 is 19.0 Å². The summed E-state index contributed by atoms with van der Waals surface area (Å²) in [5.41, 5.74) is 0.390. The van der Waals surface area contributed by atoms with E-state index in [-0.39, 0.29) is 0 Å². The van der Waals surface area contributed by atoms with Crippen LogP contribution in [0.15, 0.2) is 48.5 Å². The van der Waals surface area contributed by atoms with Gasteiger partial charge in [-0.15, -0.1) is 0 Å². The Morgan fingerprint density at radius 3 is 2.16 bits per heavy atom. The number of para-hydroxylation sites is 1. The Labute approximate surface area is 111 Å². The summed E-state index contributed by atoms with van der Waals surface area (Å²) in [6.07, 6.45) is 0. The molecule has 0 heterocycles. The van der Waals surface area contributed by atoms with Gasteiger partial charge in [-0.1, -0.05) is 12.1 Å². The minimum atomic E-state index is -0.427. The third-order valence-corrected chi connectivity index (χ3v) is 2.58. The minimum absolute atomic E-state index is 0.390. The topological polar surface area (TPSA) is 44.8 Å². The molecule has 0 amide bonds. The van der Waals surface area contributed by atoms with Crippen LogP contribution in [0.2, 0.25) is 0 Å². The number of carbonyl (C=O) groups excluding carboxylic acids is 1. The van der Waals surface area contributed by atoms with Gasteiger partial charge in [0.2, 0.25) is 0 Å². The lowest BCUT2D eigenvalue weighted by molar-refractivity contribution is 0.0598. The highest BCUT2D eigenvalue weighted by atomic mass is 16.5. The van der Waals surface area contributed by atoms with Crippen LogP contribution in [0, 0.1) is 0 Å². The molecule has 0 aliphatic rings. The molecule has 0 saturated carbocycles. The summed E-state index contributed by atoms with van der Waals surface area (Å²) in [5, 5.41) is 0. The lowest BCUT2D eigenvalue weighted by Gasteiger charge is -2.10. The van der Waals surface area contributed by atoms with Gasteiger partial charge in [-0.3, -0.25) is 0 Å². The zero-order valence-corrected chi connectivity index (χ0v) is 10.8. The first-order valence-electron chi connectivity index (χ1n) is 5.74. The lowest BCUT2D eigenvalue weighted by atomic mass is 10.2. The van der Waals surface area contributed by atoms with Gasteiger partial charge in [0, 0.05) is 0 Å². The molecule has 2 aromatic carbocycles. The second kappa shape index (κ2) is 5.91. The normalized spacial score (nSPS) is 9.79. The molecule has 2 rings (SSSR count). The van der Waals surface area contributed by atoms with E-state index in [0.29, 0.717) is 17.1 Å². The van der Waals surface area contributed by atoms with Gasteiger partial charge in [0.05, 0.1) is 14.2 Å². The number of ether oxygens (including phenoxy) is 3. The zero-order chi connectivity index (χ0) is 13.7. The van der Waals surface area contributed by atoms with E-state index in [4.69, 9.17) is 14.2 Å². The van der Waals surface area contributed by atoms with Crippen LogP contribution < -0.4 is 9.47 Å². The Bertz CT molecular complexity index is 561. The molecule has 4 nitrogen and oxygen atoms in total. The van der Waals surface area contributed by atoms with E-state index in [1.165, 1.54) is 7.11 Å². The van der Waals surface area contributed by atoms with E-state index in [1.807, 2.05) is 0 Å². The van der Waals surface area contributed by atoms with Crippen LogP contribution in [-0.2, 0) is 4.74 Å². The van der Waals surface area contributed by atoms with Crippen LogP contribution in [0.5, 0.6) is 17.2 Å². The third-order valence-electron chi connectivity index (χ3n) is 2.58. The number of benzene rings is 2. The van der Waals surface area contributed by atoms with Crippen LogP contribution >= 0.6 is 0 Å². The average Bonchev–Trinajstić information content (AvgIpc) is 2.48. The first-order valence-corrected chi connectivity index (χ1v) is 5.74. The standard InChI is InChI=1S/C15H14O4/c1-17-11-7-9-12(10-8-11)19-14-6-4-3-5-13(14)15(16)18-2/h3-10H,1-2H3. The molecule has 0 radical (unpaired) electrons. The Kier molecular flexibility index (Phi) is 4.03. The van der Waals surface area contributed by atoms with E-state index in [1.54, 1.807) is 55.6 Å². The second-order valence-corrected chi connectivity index (χ2v) is 3.77. The predicted molar refractivity (Wildman–Crippen MR) is 70.8 cm³/mol. The van der Waals surface area contributed by atoms with Crippen molar-refractivity contribution in [3.63, 3.8) is 0 Å². The lowest BCUT2D eigenvalue weighted by Crippen LogP contribution is -2.03. The Morgan fingerprint density at radius 2 is 1.53 bits per heavy atom. The molecular weight excluding hydrogens is 244 g/mol. The predicted octanol–water partition coefficient (Wildman–Crippen LogP) is 3.27. The van der Waals surface area contributed by atoms with Gasteiger partial charge < -0.3 is 14.2 Å². The summed E-state index contributed by atoms with van der Waals surface area (Å²) in [5.74, 6) is 1.40. The van der Waals surface area contributed by atoms with Crippen molar-refractivity contribution in [2.45, 2.75) is 0 Å². The molecule has 98 valence electrons. The molecule has 0 spiro atoms. The number of hydrogen-bond donors (Lipinski definition) is 0. The van der Waals surface area contributed by atoms with Crippen molar-refractivity contribution in [3.05, 3.63) is 54.1 Å². The molecule has 0 atom stereocenters. The molecule has 0 N–H and O–H groups in total. The number of carbonyl (C=O) groups is 1. The molecule has 0 saturated heterocycles. The van der Waals surface area contributed by atoms with Gasteiger partial charge in [-0.25, -0.2) is 4.79 Å². The summed E-state index contributed by atoms with van der Waals surface area (Å²) < 4.78 is 15.5. The SMILES string of the molecule is COC(=O)c1ccccc1Oc1ccc(OC)cc1. The van der Waals surface area contributed by atoms with E-state index in [0.717, 1.165) is 5.75 Å². The maximum absolute atomic E-state index is 11.6. The van der Waals surface area contributed by atoms with Crippen LogP contribution in [0.4, 0.5) is 0 Å². The number of hydrogen-bond acceptors (Lipinski definition) is 4. The number of esters is 1. The summed E-state index contributed by atoms with van der Waals surface area (Å²) >= 11 is 0. The maximum atomic E-state index is 11.6. The van der Waals surface area contributed by atoms with Crippen molar-refractivity contribution in [2.75, 3.05) is 14.2 Å². The van der Waals surface area contributed by atoms with E-state index in [9.17, 15) is 4.79 Å². The molecule has 0 bridgehead atoms. The van der Waals surface area contributed by atoms with E-state index < -0.39 is 5.97 Å². The Balaban J connectivity index is 2.25. The van der Waals surface area contributed by atoms with Gasteiger partial charge in [-0.2, -0.15) is 0 Å². The molecule has 4 heteroatoms. The molecule has 0 aliphatic carbocycles. The number of methoxy groups -OCH3 is 2. The molecule has 0 unspecified atom stereocenters. The first-order chi connectivity index (χ1) is 9.24. The van der Waals surface area contributed by atoms with Gasteiger partial charge in [0.1, 0.15) is 22.8 Å². The first kappa shape index (κ1) is 13.0. The highest BCUT2D eigenvalue weighted by Crippen LogP contribution is 2.27. The second-order valence-electron chi connectivity index (χ2n) is 3.77. The van der Waals surface area contributed by atoms with Gasteiger partial charge >= 0.3 is 5.97 Å². The quantitative estimate of drug-likeness (QED) is 0.789. The summed E-state index contributed by atoms with van der Waals surface area (Å²) in [4.78, 5) is 11.6. The fourth-order valence-electron chi connectivity index (χ4n) is 1.60. The van der Waals surface area contributed by atoms with Crippen LogP contribution in [0.25, 0.3) is 0 Å². The van der Waals surface area contributed by atoms with Crippen molar-refractivity contribution in [1.82, 2.24) is 0 Å². The minimum Gasteiger partial charge on any atom is -0.497 e. The largest absolute Gasteiger partial charge is 0.497 e. The number of rotatable bonds is 4. The highest BCUT2D eigenvalue weighted by molar-refractivity contribution is 5.92. The Morgan fingerprint density at radius 1 is 0.895 bits per heavy atom. The fourth-order valence-corrected chi connectivity index (χ4v) is 1.60. The Hall–Kier alpha value is -2.49. The molecule has 0 aliphatic heterocycles. The van der Waals surface area contributed by atoms with Crippen molar-refractivity contribution in [2.24, 2.45) is 0 Å². The van der Waals surface area contributed by atoms with Gasteiger partial charge in [0.15, 0.2) is 0 Å². The van der Waals surface area contributed by atoms with Crippen LogP contribution in [0.3, 0.4) is 0 Å². The summed E-state index contributed by atoms with van der Waals surface area (Å²) in [6, 6.07) is 14.0. The van der Waals surface area contributed by atoms with Crippen LogP contribution in [0.1, 0.15) is 10.4 Å². The molecule has 0 fully saturated rings. The van der Waals surface area contributed by atoms with E-state index >= 15 is 0 Å². The summed E-state index contributed by atoms with van der Waals surface area (Å²) in [6.45, 7) is 0. The average molecular weight is 258 g/mol. The zero-order valence-electron chi connectivity index (χ0n) is 10.8. The maximum Gasteiger partial charge on any atom is 0.341 e. The van der Waals surface area contributed by atoms with E-state index in [2.05, 4.69) is 0 Å². The van der Waals surface area contributed by atoms with Crippen molar-refractivity contribution in [3.8, 4) is 17.2 Å². The third kappa shape index (κ3) is 3.04. The van der Waals surface area contributed by atoms with Gasteiger partial charge in [0.25, 0.3) is 0 Å². The molecular formula is C15H14O4. The fraction of sp³-hybridized carbons (Fsp3) is 0.133. The molecule has 19 heavy (non-hydrogen) atoms. The molecule has 2 aromatic rings. The van der Waals surface area contributed by atoms with Gasteiger partial charge in [-0.05, 0) is 36.4 Å². The smallest absolute Gasteiger partial charge is 0.341 e. The van der Waals surface area contributed by atoms with Crippen molar-refractivity contribution in [1.29, 1.82) is 0 Å². The van der Waals surface area contributed by atoms with Crippen molar-refractivity contribution >= 4 is 5.97 Å². The van der Waals surface area contributed by atoms with Crippen LogP contribution in [-0.4, -0.2) is 20.2 Å². The molecule has 0 aromatic heterocycles. The highest BCUT2D eigenvalue weighted by Gasteiger charge is 2.12. The monoisotopic (exact) mass is 258 g/mol. The summed E-state index contributed by atoms with van der Waals surface area (Å²) in [7, 11) is 2.94.